The van der Waals surface area contributed by atoms with Gasteiger partial charge in [0.2, 0.25) is 0 Å². The number of carbonyl (C=O) groups is 1. The predicted octanol–water partition coefficient (Wildman–Crippen LogP) is 6.11. The molecule has 0 aliphatic rings. The van der Waals surface area contributed by atoms with E-state index in [1.165, 1.54) is 12.7 Å². The van der Waals surface area contributed by atoms with Crippen LogP contribution in [0.25, 0.3) is 33.6 Å². The van der Waals surface area contributed by atoms with E-state index < -0.39 is 0 Å². The van der Waals surface area contributed by atoms with E-state index in [0.717, 1.165) is 33.6 Å². The quantitative estimate of drug-likeness (QED) is 0.442. The Kier molecular flexibility index (Phi) is 4.81. The minimum Gasteiger partial charge on any atom is -0.465 e. The number of esters is 1. The maximum absolute atomic E-state index is 12.9. The summed E-state index contributed by atoms with van der Waals surface area (Å²) in [6.07, 6.45) is 0. The van der Waals surface area contributed by atoms with Gasteiger partial charge in [0.1, 0.15) is 0 Å². The Balaban J connectivity index is 2.07. The lowest BCUT2D eigenvalue weighted by atomic mass is 9.95. The summed E-state index contributed by atoms with van der Waals surface area (Å²) in [7, 11) is 1.42. The lowest BCUT2D eigenvalue weighted by Gasteiger charge is -2.09. The number of aromatic nitrogens is 1. The van der Waals surface area contributed by atoms with Crippen molar-refractivity contribution < 1.29 is 9.53 Å². The molecule has 3 heteroatoms. The van der Waals surface area contributed by atoms with E-state index in [2.05, 4.69) is 24.0 Å². The summed E-state index contributed by atoms with van der Waals surface area (Å²) in [6.45, 7) is 2.05. The van der Waals surface area contributed by atoms with Crippen LogP contribution in [0.15, 0.2) is 84.9 Å². The second-order valence-electron chi connectivity index (χ2n) is 6.71. The number of rotatable bonds is 4. The van der Waals surface area contributed by atoms with Gasteiger partial charge >= 0.3 is 5.97 Å². The predicted molar refractivity (Wildman–Crippen MR) is 113 cm³/mol. The van der Waals surface area contributed by atoms with Gasteiger partial charge in [-0.15, -0.1) is 0 Å². The van der Waals surface area contributed by atoms with Gasteiger partial charge in [-0.25, -0.2) is 4.79 Å². The summed E-state index contributed by atoms with van der Waals surface area (Å²) in [5.41, 5.74) is 7.19. The van der Waals surface area contributed by atoms with E-state index in [4.69, 9.17) is 4.74 Å². The SMILES string of the molecule is COC(=O)c1c(-c2ccccc2)[nH]c(-c2ccccc2)c1-c1ccc(C)cc1. The van der Waals surface area contributed by atoms with Crippen molar-refractivity contribution in [3.8, 4) is 33.6 Å². The summed E-state index contributed by atoms with van der Waals surface area (Å²) < 4.78 is 5.17. The minimum absolute atomic E-state index is 0.354. The first-order valence-electron chi connectivity index (χ1n) is 9.21. The zero-order chi connectivity index (χ0) is 19.5. The van der Waals surface area contributed by atoms with Crippen LogP contribution in [0.5, 0.6) is 0 Å². The van der Waals surface area contributed by atoms with Crippen LogP contribution in [0.4, 0.5) is 0 Å². The van der Waals surface area contributed by atoms with Crippen molar-refractivity contribution >= 4 is 5.97 Å². The number of hydrogen-bond donors (Lipinski definition) is 1. The summed E-state index contributed by atoms with van der Waals surface area (Å²) in [5, 5.41) is 0. The summed E-state index contributed by atoms with van der Waals surface area (Å²) >= 11 is 0. The zero-order valence-electron chi connectivity index (χ0n) is 15.9. The van der Waals surface area contributed by atoms with Gasteiger partial charge in [-0.05, 0) is 23.6 Å². The summed E-state index contributed by atoms with van der Waals surface area (Å²) in [4.78, 5) is 16.4. The fraction of sp³-hybridized carbons (Fsp3) is 0.0800. The van der Waals surface area contributed by atoms with Crippen molar-refractivity contribution in [2.45, 2.75) is 6.92 Å². The molecule has 4 aromatic rings. The largest absolute Gasteiger partial charge is 0.465 e. The highest BCUT2D eigenvalue weighted by molar-refractivity contribution is 6.07. The number of carbonyl (C=O) groups excluding carboxylic acids is 1. The van der Waals surface area contributed by atoms with Gasteiger partial charge in [0.15, 0.2) is 0 Å². The Bertz CT molecular complexity index is 1090. The van der Waals surface area contributed by atoms with Crippen LogP contribution in [0.3, 0.4) is 0 Å². The fourth-order valence-electron chi connectivity index (χ4n) is 3.46. The van der Waals surface area contributed by atoms with Crippen LogP contribution in [0.2, 0.25) is 0 Å². The molecule has 0 unspecified atom stereocenters. The smallest absolute Gasteiger partial charge is 0.340 e. The zero-order valence-corrected chi connectivity index (χ0v) is 15.9. The fourth-order valence-corrected chi connectivity index (χ4v) is 3.46. The highest BCUT2D eigenvalue weighted by Crippen LogP contribution is 2.40. The third-order valence-electron chi connectivity index (χ3n) is 4.85. The van der Waals surface area contributed by atoms with Crippen LogP contribution in [-0.2, 0) is 4.74 Å². The number of methoxy groups -OCH3 is 1. The van der Waals surface area contributed by atoms with Gasteiger partial charge in [-0.3, -0.25) is 0 Å². The van der Waals surface area contributed by atoms with E-state index in [1.807, 2.05) is 72.8 Å². The highest BCUT2D eigenvalue weighted by Gasteiger charge is 2.26. The van der Waals surface area contributed by atoms with Crippen molar-refractivity contribution in [2.75, 3.05) is 7.11 Å². The highest BCUT2D eigenvalue weighted by atomic mass is 16.5. The molecule has 0 fully saturated rings. The molecule has 0 spiro atoms. The van der Waals surface area contributed by atoms with Crippen molar-refractivity contribution in [1.29, 1.82) is 0 Å². The lowest BCUT2D eigenvalue weighted by molar-refractivity contribution is 0.0602. The molecule has 1 aromatic heterocycles. The molecule has 0 radical (unpaired) electrons. The van der Waals surface area contributed by atoms with Gasteiger partial charge in [0.05, 0.1) is 24.1 Å². The topological polar surface area (TPSA) is 42.1 Å². The molecule has 4 rings (SSSR count). The third kappa shape index (κ3) is 3.23. The monoisotopic (exact) mass is 367 g/mol. The molecule has 1 N–H and O–H groups in total. The molecule has 1 heterocycles. The third-order valence-corrected chi connectivity index (χ3v) is 4.85. The number of aryl methyl sites for hydroxylation is 1. The number of ether oxygens (including phenoxy) is 1. The Morgan fingerprint density at radius 3 is 1.79 bits per heavy atom. The van der Waals surface area contributed by atoms with E-state index in [-0.39, 0.29) is 5.97 Å². The molecular weight excluding hydrogens is 346 g/mol. The molecule has 28 heavy (non-hydrogen) atoms. The summed E-state index contributed by atoms with van der Waals surface area (Å²) in [6, 6.07) is 28.1. The van der Waals surface area contributed by atoms with E-state index in [9.17, 15) is 4.79 Å². The van der Waals surface area contributed by atoms with Crippen molar-refractivity contribution in [3.63, 3.8) is 0 Å². The first-order chi connectivity index (χ1) is 13.7. The van der Waals surface area contributed by atoms with Crippen LogP contribution < -0.4 is 0 Å². The maximum Gasteiger partial charge on any atom is 0.340 e. The second-order valence-corrected chi connectivity index (χ2v) is 6.71. The molecule has 138 valence electrons. The molecule has 0 saturated carbocycles. The van der Waals surface area contributed by atoms with Crippen LogP contribution in [0.1, 0.15) is 15.9 Å². The van der Waals surface area contributed by atoms with Crippen molar-refractivity contribution in [2.24, 2.45) is 0 Å². The van der Waals surface area contributed by atoms with Gasteiger partial charge < -0.3 is 9.72 Å². The molecule has 3 aromatic carbocycles. The molecule has 0 aliphatic carbocycles. The van der Waals surface area contributed by atoms with Crippen molar-refractivity contribution in [1.82, 2.24) is 4.98 Å². The molecule has 0 amide bonds. The standard InChI is InChI=1S/C25H21NO2/c1-17-13-15-18(16-14-17)21-22(25(27)28-2)24(20-11-7-4-8-12-20)26-23(21)19-9-5-3-6-10-19/h3-16,26H,1-2H3. The molecule has 0 atom stereocenters. The molecule has 0 bridgehead atoms. The van der Waals surface area contributed by atoms with Gasteiger partial charge in [-0.1, -0.05) is 90.5 Å². The first kappa shape index (κ1) is 17.8. The Hall–Kier alpha value is -3.59. The maximum atomic E-state index is 12.9. The molecule has 0 aliphatic heterocycles. The van der Waals surface area contributed by atoms with Gasteiger partial charge in [-0.2, -0.15) is 0 Å². The average Bonchev–Trinajstić information content (AvgIpc) is 3.15. The van der Waals surface area contributed by atoms with Gasteiger partial charge in [0.25, 0.3) is 0 Å². The van der Waals surface area contributed by atoms with E-state index in [1.54, 1.807) is 0 Å². The molecule has 3 nitrogen and oxygen atoms in total. The minimum atomic E-state index is -0.354. The Labute approximate surface area is 164 Å². The Morgan fingerprint density at radius 2 is 1.25 bits per heavy atom. The first-order valence-corrected chi connectivity index (χ1v) is 9.21. The van der Waals surface area contributed by atoms with Gasteiger partial charge in [0, 0.05) is 5.56 Å². The number of aromatic amines is 1. The van der Waals surface area contributed by atoms with E-state index in [0.29, 0.717) is 5.56 Å². The summed E-state index contributed by atoms with van der Waals surface area (Å²) in [5.74, 6) is -0.354. The lowest BCUT2D eigenvalue weighted by Crippen LogP contribution is -2.04. The second kappa shape index (κ2) is 7.57. The Morgan fingerprint density at radius 1 is 0.714 bits per heavy atom. The number of hydrogen-bond acceptors (Lipinski definition) is 2. The van der Waals surface area contributed by atoms with Crippen molar-refractivity contribution in [3.05, 3.63) is 96.1 Å². The number of benzene rings is 3. The van der Waals surface area contributed by atoms with E-state index >= 15 is 0 Å². The number of nitrogens with one attached hydrogen (secondary N) is 1. The number of H-pyrrole nitrogens is 1. The normalized spacial score (nSPS) is 10.6. The average molecular weight is 367 g/mol. The van der Waals surface area contributed by atoms with Crippen LogP contribution >= 0.6 is 0 Å². The molecular formula is C25H21NO2. The van der Waals surface area contributed by atoms with Crippen LogP contribution in [0, 0.1) is 6.92 Å². The molecule has 0 saturated heterocycles. The van der Waals surface area contributed by atoms with Crippen LogP contribution in [-0.4, -0.2) is 18.1 Å².